The summed E-state index contributed by atoms with van der Waals surface area (Å²) in [5, 5.41) is 6.52. The Morgan fingerprint density at radius 1 is 1.40 bits per heavy atom. The number of alkyl halides is 3. The van der Waals surface area contributed by atoms with E-state index in [-0.39, 0.29) is 6.42 Å². The van der Waals surface area contributed by atoms with Gasteiger partial charge in [-0.2, -0.15) is 13.2 Å². The average molecular weight is 153 g/mol. The SMILES string of the molecule is CCCCC(=N)C(F)(F)F. The van der Waals surface area contributed by atoms with Crippen molar-refractivity contribution in [2.75, 3.05) is 0 Å². The normalized spacial score (nSPS) is 11.6. The van der Waals surface area contributed by atoms with Gasteiger partial charge in [-0.15, -0.1) is 0 Å². The molecule has 10 heavy (non-hydrogen) atoms. The standard InChI is InChI=1S/C6H10F3N/c1-2-3-4-5(10)6(7,8)9/h10H,2-4H2,1H3. The molecule has 0 bridgehead atoms. The van der Waals surface area contributed by atoms with Crippen LogP contribution in [0.1, 0.15) is 26.2 Å². The number of halogens is 3. The summed E-state index contributed by atoms with van der Waals surface area (Å²) in [4.78, 5) is 0. The van der Waals surface area contributed by atoms with Gasteiger partial charge in [0.05, 0.1) is 0 Å². The molecule has 0 aliphatic rings. The van der Waals surface area contributed by atoms with Gasteiger partial charge in [-0.25, -0.2) is 0 Å². The summed E-state index contributed by atoms with van der Waals surface area (Å²) in [6.45, 7) is 1.80. The fourth-order valence-electron chi connectivity index (χ4n) is 0.495. The molecule has 0 atom stereocenters. The van der Waals surface area contributed by atoms with Gasteiger partial charge in [-0.1, -0.05) is 13.3 Å². The van der Waals surface area contributed by atoms with Crippen molar-refractivity contribution in [1.29, 1.82) is 5.41 Å². The molecule has 0 fully saturated rings. The van der Waals surface area contributed by atoms with E-state index in [4.69, 9.17) is 5.41 Å². The lowest BCUT2D eigenvalue weighted by molar-refractivity contribution is -0.0613. The van der Waals surface area contributed by atoms with Crippen LogP contribution in [0.15, 0.2) is 0 Å². The van der Waals surface area contributed by atoms with Crippen LogP contribution in [0, 0.1) is 5.41 Å². The van der Waals surface area contributed by atoms with Crippen molar-refractivity contribution in [3.63, 3.8) is 0 Å². The smallest absolute Gasteiger partial charge is 0.301 e. The average Bonchev–Trinajstić information content (AvgIpc) is 1.80. The van der Waals surface area contributed by atoms with Gasteiger partial charge in [0.25, 0.3) is 0 Å². The zero-order valence-corrected chi connectivity index (χ0v) is 5.76. The topological polar surface area (TPSA) is 23.9 Å². The molecule has 1 N–H and O–H groups in total. The minimum absolute atomic E-state index is 0.153. The van der Waals surface area contributed by atoms with E-state index in [1.54, 1.807) is 6.92 Å². The predicted molar refractivity (Wildman–Crippen MR) is 33.3 cm³/mol. The molecule has 0 aromatic heterocycles. The summed E-state index contributed by atoms with van der Waals surface area (Å²) >= 11 is 0. The van der Waals surface area contributed by atoms with Crippen LogP contribution in [-0.4, -0.2) is 11.9 Å². The van der Waals surface area contributed by atoms with Crippen LogP contribution in [0.25, 0.3) is 0 Å². The number of hydrogen-bond acceptors (Lipinski definition) is 1. The number of hydrogen-bond donors (Lipinski definition) is 1. The number of rotatable bonds is 3. The summed E-state index contributed by atoms with van der Waals surface area (Å²) in [5.74, 6) is 0. The highest BCUT2D eigenvalue weighted by Crippen LogP contribution is 2.19. The Morgan fingerprint density at radius 2 is 1.90 bits per heavy atom. The first-order valence-corrected chi connectivity index (χ1v) is 3.13. The van der Waals surface area contributed by atoms with Gasteiger partial charge in [0.2, 0.25) is 0 Å². The molecule has 0 rings (SSSR count). The van der Waals surface area contributed by atoms with Crippen molar-refractivity contribution in [3.8, 4) is 0 Å². The van der Waals surface area contributed by atoms with Crippen molar-refractivity contribution in [1.82, 2.24) is 0 Å². The Labute approximate surface area is 57.7 Å². The molecule has 0 aliphatic carbocycles. The minimum Gasteiger partial charge on any atom is -0.301 e. The molecule has 0 heterocycles. The van der Waals surface area contributed by atoms with Gasteiger partial charge in [-0.05, 0) is 12.8 Å². The summed E-state index contributed by atoms with van der Waals surface area (Å²) < 4.78 is 34.6. The molecule has 0 saturated heterocycles. The molecule has 0 saturated carbocycles. The Bertz CT molecular complexity index is 117. The summed E-state index contributed by atoms with van der Waals surface area (Å²) in [6.07, 6.45) is -3.42. The van der Waals surface area contributed by atoms with E-state index in [9.17, 15) is 13.2 Å². The highest BCUT2D eigenvalue weighted by atomic mass is 19.4. The lowest BCUT2D eigenvalue weighted by Gasteiger charge is -2.05. The first kappa shape index (κ1) is 9.46. The molecule has 0 aromatic rings. The third-order valence-corrected chi connectivity index (χ3v) is 1.12. The van der Waals surface area contributed by atoms with Crippen LogP contribution < -0.4 is 0 Å². The monoisotopic (exact) mass is 153 g/mol. The van der Waals surface area contributed by atoms with Crippen molar-refractivity contribution in [3.05, 3.63) is 0 Å². The maximum Gasteiger partial charge on any atom is 0.428 e. The molecule has 0 spiro atoms. The van der Waals surface area contributed by atoms with Gasteiger partial charge in [-0.3, -0.25) is 0 Å². The van der Waals surface area contributed by atoms with Crippen LogP contribution >= 0.6 is 0 Å². The molecule has 4 heteroatoms. The van der Waals surface area contributed by atoms with Gasteiger partial charge in [0, 0.05) is 0 Å². The second-order valence-corrected chi connectivity index (χ2v) is 2.08. The molecule has 0 aromatic carbocycles. The fraction of sp³-hybridized carbons (Fsp3) is 0.833. The predicted octanol–water partition coefficient (Wildman–Crippen LogP) is 2.76. The number of unbranched alkanes of at least 4 members (excludes halogenated alkanes) is 1. The van der Waals surface area contributed by atoms with Gasteiger partial charge in [0.15, 0.2) is 0 Å². The van der Waals surface area contributed by atoms with E-state index in [2.05, 4.69) is 0 Å². The fourth-order valence-corrected chi connectivity index (χ4v) is 0.495. The first-order chi connectivity index (χ1) is 4.48. The highest BCUT2D eigenvalue weighted by molar-refractivity contribution is 5.86. The van der Waals surface area contributed by atoms with Crippen LogP contribution in [0.5, 0.6) is 0 Å². The highest BCUT2D eigenvalue weighted by Gasteiger charge is 2.32. The van der Waals surface area contributed by atoms with E-state index in [1.165, 1.54) is 0 Å². The van der Waals surface area contributed by atoms with Crippen LogP contribution in [0.4, 0.5) is 13.2 Å². The molecule has 0 amide bonds. The van der Waals surface area contributed by atoms with Crippen LogP contribution in [-0.2, 0) is 0 Å². The Balaban J connectivity index is 3.64. The first-order valence-electron chi connectivity index (χ1n) is 3.13. The Morgan fingerprint density at radius 3 is 2.20 bits per heavy atom. The minimum atomic E-state index is -4.41. The zero-order chi connectivity index (χ0) is 8.20. The number of nitrogens with one attached hydrogen (secondary N) is 1. The van der Waals surface area contributed by atoms with Crippen molar-refractivity contribution >= 4 is 5.71 Å². The Kier molecular flexibility index (Phi) is 3.39. The molecule has 1 nitrogen and oxygen atoms in total. The maximum absolute atomic E-state index is 11.5. The summed E-state index contributed by atoms with van der Waals surface area (Å²) in [6, 6.07) is 0. The quantitative estimate of drug-likeness (QED) is 0.603. The molecular weight excluding hydrogens is 143 g/mol. The van der Waals surface area contributed by atoms with E-state index in [1.807, 2.05) is 0 Å². The molecule has 0 radical (unpaired) electrons. The van der Waals surface area contributed by atoms with E-state index >= 15 is 0 Å². The molecular formula is C6H10F3N. The van der Waals surface area contributed by atoms with E-state index < -0.39 is 11.9 Å². The lowest BCUT2D eigenvalue weighted by Crippen LogP contribution is -2.21. The molecule has 0 aliphatic heterocycles. The summed E-state index contributed by atoms with van der Waals surface area (Å²) in [5.41, 5.74) is -1.12. The van der Waals surface area contributed by atoms with E-state index in [0.717, 1.165) is 0 Å². The Hall–Kier alpha value is -0.540. The second kappa shape index (κ2) is 3.58. The second-order valence-electron chi connectivity index (χ2n) is 2.08. The van der Waals surface area contributed by atoms with Gasteiger partial charge < -0.3 is 5.41 Å². The third-order valence-electron chi connectivity index (χ3n) is 1.12. The lowest BCUT2D eigenvalue weighted by atomic mass is 10.2. The largest absolute Gasteiger partial charge is 0.428 e. The molecule has 0 unspecified atom stereocenters. The van der Waals surface area contributed by atoms with Crippen molar-refractivity contribution in [2.45, 2.75) is 32.4 Å². The zero-order valence-electron chi connectivity index (χ0n) is 5.76. The van der Waals surface area contributed by atoms with E-state index in [0.29, 0.717) is 12.8 Å². The van der Waals surface area contributed by atoms with Crippen LogP contribution in [0.3, 0.4) is 0 Å². The van der Waals surface area contributed by atoms with Crippen molar-refractivity contribution in [2.24, 2.45) is 0 Å². The summed E-state index contributed by atoms with van der Waals surface area (Å²) in [7, 11) is 0. The van der Waals surface area contributed by atoms with Crippen molar-refractivity contribution < 1.29 is 13.2 Å². The van der Waals surface area contributed by atoms with Gasteiger partial charge in [0.1, 0.15) is 5.71 Å². The maximum atomic E-state index is 11.5. The third kappa shape index (κ3) is 3.48. The molecule has 60 valence electrons. The van der Waals surface area contributed by atoms with Crippen LogP contribution in [0.2, 0.25) is 0 Å². The van der Waals surface area contributed by atoms with Gasteiger partial charge >= 0.3 is 6.18 Å².